The van der Waals surface area contributed by atoms with E-state index < -0.39 is 97.1 Å². The molecule has 0 amide bonds. The van der Waals surface area contributed by atoms with Crippen LogP contribution in [0, 0.1) is 23.7 Å². The van der Waals surface area contributed by atoms with Crippen LogP contribution in [0.1, 0.15) is 40.0 Å². The van der Waals surface area contributed by atoms with Gasteiger partial charge in [-0.05, 0) is 32.1 Å². The number of aliphatic hydroxyl groups is 2. The van der Waals surface area contributed by atoms with Gasteiger partial charge in [0.15, 0.2) is 0 Å². The van der Waals surface area contributed by atoms with Crippen molar-refractivity contribution < 1.29 is 76.8 Å². The van der Waals surface area contributed by atoms with Crippen molar-refractivity contribution in [3.8, 4) is 0 Å². The van der Waals surface area contributed by atoms with Crippen LogP contribution in [0.15, 0.2) is 12.2 Å². The number of allylic oxidation sites excluding steroid dienone is 1. The fraction of sp³-hybridized carbons (Fsp3) is 0.857. The van der Waals surface area contributed by atoms with E-state index >= 15 is 0 Å². The zero-order chi connectivity index (χ0) is 30.3. The number of esters is 1. The number of halogens is 13. The summed E-state index contributed by atoms with van der Waals surface area (Å²) < 4.78 is 181. The molecule has 0 bridgehead atoms. The van der Waals surface area contributed by atoms with E-state index in [2.05, 4.69) is 4.74 Å². The molecule has 0 aromatic carbocycles. The highest BCUT2D eigenvalue weighted by atomic mass is 19.4. The monoisotopic (exact) mass is 588 g/mol. The molecule has 0 aliphatic heterocycles. The van der Waals surface area contributed by atoms with Gasteiger partial charge in [-0.1, -0.05) is 26.0 Å². The van der Waals surface area contributed by atoms with Crippen molar-refractivity contribution in [2.75, 3.05) is 0 Å². The molecule has 0 saturated heterocycles. The molecule has 2 N–H and O–H groups in total. The van der Waals surface area contributed by atoms with Crippen molar-refractivity contribution >= 4 is 5.97 Å². The summed E-state index contributed by atoms with van der Waals surface area (Å²) in [5.74, 6) is -11.5. The van der Waals surface area contributed by atoms with Gasteiger partial charge in [0.1, 0.15) is 18.2 Å². The first-order valence-electron chi connectivity index (χ1n) is 11.0. The average molecular weight is 588 g/mol. The molecule has 1 saturated carbocycles. The van der Waals surface area contributed by atoms with Crippen LogP contribution in [0.2, 0.25) is 0 Å². The van der Waals surface area contributed by atoms with Gasteiger partial charge < -0.3 is 14.9 Å². The maximum atomic E-state index is 14.5. The molecule has 224 valence electrons. The number of hydrogen-bond acceptors (Lipinski definition) is 4. The molecule has 1 aliphatic carbocycles. The van der Waals surface area contributed by atoms with Gasteiger partial charge >= 0.3 is 30.7 Å². The summed E-state index contributed by atoms with van der Waals surface area (Å²) >= 11 is 0. The molecule has 0 heterocycles. The lowest BCUT2D eigenvalue weighted by Crippen LogP contribution is -2.67. The van der Waals surface area contributed by atoms with E-state index in [1.54, 1.807) is 0 Å². The standard InChI is InChI=1S/C21H25F13O4/c1-4-5-13(14(22)9(2)3)15(35)38-12-7-10(16(36,18(23,24)25)19(26,27)28)6-11(8-12)17(37,20(29,30)31)21(32,33)34/h4-5,9-14,36-37H,6-8H2,1-3H3/b5-4-. The lowest BCUT2D eigenvalue weighted by atomic mass is 9.65. The molecule has 1 rings (SSSR count). The van der Waals surface area contributed by atoms with E-state index in [1.165, 1.54) is 20.8 Å². The first kappa shape index (κ1) is 34.2. The molecule has 17 heteroatoms. The van der Waals surface area contributed by atoms with E-state index in [4.69, 9.17) is 0 Å². The molecule has 4 unspecified atom stereocenters. The Morgan fingerprint density at radius 1 is 0.763 bits per heavy atom. The fourth-order valence-electron chi connectivity index (χ4n) is 4.47. The van der Waals surface area contributed by atoms with Gasteiger partial charge in [0.25, 0.3) is 11.2 Å². The van der Waals surface area contributed by atoms with Crippen molar-refractivity contribution in [3.63, 3.8) is 0 Å². The molecule has 0 radical (unpaired) electrons. The highest BCUT2D eigenvalue weighted by molar-refractivity contribution is 5.75. The Morgan fingerprint density at radius 3 is 1.37 bits per heavy atom. The molecular weight excluding hydrogens is 563 g/mol. The number of carbonyl (C=O) groups is 1. The third-order valence-electron chi connectivity index (χ3n) is 6.51. The molecule has 1 fully saturated rings. The minimum absolute atomic E-state index is 0.869. The molecule has 0 aromatic rings. The summed E-state index contributed by atoms with van der Waals surface area (Å²) in [6, 6.07) is 0. The van der Waals surface area contributed by atoms with E-state index in [9.17, 15) is 72.1 Å². The van der Waals surface area contributed by atoms with E-state index in [-0.39, 0.29) is 0 Å². The van der Waals surface area contributed by atoms with Gasteiger partial charge in [0.2, 0.25) is 0 Å². The van der Waals surface area contributed by atoms with Crippen molar-refractivity contribution in [1.29, 1.82) is 0 Å². The second kappa shape index (κ2) is 11.0. The number of rotatable bonds is 7. The smallest absolute Gasteiger partial charge is 0.426 e. The van der Waals surface area contributed by atoms with Gasteiger partial charge in [0.05, 0.1) is 0 Å². The van der Waals surface area contributed by atoms with Crippen LogP contribution < -0.4 is 0 Å². The Balaban J connectivity index is 3.70. The minimum atomic E-state index is -6.66. The van der Waals surface area contributed by atoms with Crippen LogP contribution in [0.25, 0.3) is 0 Å². The summed E-state index contributed by atoms with van der Waals surface area (Å²) in [5.41, 5.74) is -11.7. The highest BCUT2D eigenvalue weighted by Gasteiger charge is 2.78. The molecule has 4 atom stereocenters. The van der Waals surface area contributed by atoms with Crippen LogP contribution in [0.3, 0.4) is 0 Å². The fourth-order valence-corrected chi connectivity index (χ4v) is 4.47. The van der Waals surface area contributed by atoms with Crippen LogP contribution in [0.5, 0.6) is 0 Å². The molecule has 38 heavy (non-hydrogen) atoms. The average Bonchev–Trinajstić information content (AvgIpc) is 2.72. The first-order valence-corrected chi connectivity index (χ1v) is 11.0. The van der Waals surface area contributed by atoms with Crippen molar-refractivity contribution in [3.05, 3.63) is 12.2 Å². The topological polar surface area (TPSA) is 66.8 Å². The molecule has 0 aromatic heterocycles. The van der Waals surface area contributed by atoms with Gasteiger partial charge in [-0.15, -0.1) is 0 Å². The Hall–Kier alpha value is -1.78. The molecular formula is C21H25F13O4. The summed E-state index contributed by atoms with van der Waals surface area (Å²) in [6.45, 7) is 3.81. The van der Waals surface area contributed by atoms with Crippen molar-refractivity contribution in [1.82, 2.24) is 0 Å². The second-order valence-electron chi connectivity index (χ2n) is 9.42. The second-order valence-corrected chi connectivity index (χ2v) is 9.42. The largest absolute Gasteiger partial charge is 0.462 e. The predicted octanol–water partition coefficient (Wildman–Crippen LogP) is 6.21. The lowest BCUT2D eigenvalue weighted by Gasteiger charge is -2.48. The molecule has 1 aliphatic rings. The van der Waals surface area contributed by atoms with Crippen LogP contribution in [-0.2, 0) is 9.53 Å². The first-order chi connectivity index (χ1) is 16.8. The van der Waals surface area contributed by atoms with Crippen LogP contribution in [0.4, 0.5) is 57.1 Å². The van der Waals surface area contributed by atoms with Gasteiger partial charge in [-0.3, -0.25) is 4.79 Å². The van der Waals surface area contributed by atoms with Gasteiger partial charge in [0, 0.05) is 11.8 Å². The Kier molecular flexibility index (Phi) is 9.92. The SMILES string of the molecule is C/C=C\C(C(=O)OC1CC(C(O)(C(F)(F)F)C(F)(F)F)CC(C(O)(C(F)(F)F)C(F)(F)F)C1)C(F)C(C)C. The summed E-state index contributed by atoms with van der Waals surface area (Å²) in [7, 11) is 0. The number of carbonyl (C=O) groups excluding carboxylic acids is 1. The quantitative estimate of drug-likeness (QED) is 0.211. The Morgan fingerprint density at radius 2 is 1.11 bits per heavy atom. The number of ether oxygens (including phenoxy) is 1. The third-order valence-corrected chi connectivity index (χ3v) is 6.51. The molecule has 0 spiro atoms. The summed E-state index contributed by atoms with van der Waals surface area (Å²) in [4.78, 5) is 12.5. The maximum Gasteiger partial charge on any atom is 0.426 e. The van der Waals surface area contributed by atoms with E-state index in [0.29, 0.717) is 0 Å². The van der Waals surface area contributed by atoms with E-state index in [0.717, 1.165) is 12.2 Å². The predicted molar refractivity (Wildman–Crippen MR) is 103 cm³/mol. The van der Waals surface area contributed by atoms with Gasteiger partial charge in [-0.2, -0.15) is 52.7 Å². The summed E-state index contributed by atoms with van der Waals surface area (Å²) in [5, 5.41) is 19.4. The minimum Gasteiger partial charge on any atom is -0.462 e. The maximum absolute atomic E-state index is 14.5. The van der Waals surface area contributed by atoms with Crippen molar-refractivity contribution in [2.45, 2.75) is 88.2 Å². The van der Waals surface area contributed by atoms with Crippen molar-refractivity contribution in [2.24, 2.45) is 23.7 Å². The zero-order valence-electron chi connectivity index (χ0n) is 19.9. The normalized spacial score (nSPS) is 24.6. The van der Waals surface area contributed by atoms with Crippen LogP contribution in [-0.4, -0.2) is 64.4 Å². The van der Waals surface area contributed by atoms with Gasteiger partial charge in [-0.25, -0.2) is 4.39 Å². The third kappa shape index (κ3) is 6.33. The van der Waals surface area contributed by atoms with Crippen LogP contribution >= 0.6 is 0 Å². The number of alkyl halides is 13. The Bertz CT molecular complexity index is 768. The number of hydrogen-bond donors (Lipinski definition) is 2. The Labute approximate surface area is 207 Å². The molecule has 4 nitrogen and oxygen atoms in total. The summed E-state index contributed by atoms with van der Waals surface area (Å²) in [6.07, 6.45) is -34.9. The van der Waals surface area contributed by atoms with E-state index in [1.807, 2.05) is 0 Å². The lowest BCUT2D eigenvalue weighted by molar-refractivity contribution is -0.405. The highest BCUT2D eigenvalue weighted by Crippen LogP contribution is 2.58. The zero-order valence-corrected chi connectivity index (χ0v) is 19.9.